The number of carbonyl (C=O) groups excluding carboxylic acids is 1. The first-order chi connectivity index (χ1) is 8.72. The summed E-state index contributed by atoms with van der Waals surface area (Å²) in [5.41, 5.74) is 1.98. The predicted octanol–water partition coefficient (Wildman–Crippen LogP) is 3.20. The smallest absolute Gasteiger partial charge is 0.360 e. The van der Waals surface area contributed by atoms with Crippen molar-refractivity contribution in [3.05, 3.63) is 41.3 Å². The number of esters is 1. The van der Waals surface area contributed by atoms with Gasteiger partial charge in [0.15, 0.2) is 5.69 Å². The molecule has 4 nitrogen and oxygen atoms in total. The van der Waals surface area contributed by atoms with Gasteiger partial charge in [0.1, 0.15) is 10.8 Å². The van der Waals surface area contributed by atoms with Crippen LogP contribution in [0.2, 0.25) is 0 Å². The quantitative estimate of drug-likeness (QED) is 0.863. The molecule has 0 aliphatic heterocycles. The van der Waals surface area contributed by atoms with Crippen LogP contribution in [0.4, 0.5) is 15.1 Å². The number of nitrogens with one attached hydrogen (secondary N) is 1. The maximum Gasteiger partial charge on any atom is 0.360 e. The van der Waals surface area contributed by atoms with Crippen LogP contribution in [0.3, 0.4) is 0 Å². The summed E-state index contributed by atoms with van der Waals surface area (Å²) < 4.78 is 18.3. The van der Waals surface area contributed by atoms with Gasteiger partial charge < -0.3 is 10.1 Å². The minimum Gasteiger partial charge on any atom is -0.461 e. The highest BCUT2D eigenvalue weighted by atomic mass is 32.1. The minimum atomic E-state index is -0.516. The molecule has 1 aromatic heterocycles. The van der Waals surface area contributed by atoms with Gasteiger partial charge >= 0.3 is 5.97 Å². The van der Waals surface area contributed by atoms with Gasteiger partial charge in [-0.05, 0) is 19.1 Å². The largest absolute Gasteiger partial charge is 0.461 e. The van der Waals surface area contributed by atoms with Gasteiger partial charge in [0.2, 0.25) is 0 Å². The summed E-state index contributed by atoms with van der Waals surface area (Å²) >= 11 is 1.22. The van der Waals surface area contributed by atoms with E-state index in [9.17, 15) is 9.18 Å². The summed E-state index contributed by atoms with van der Waals surface area (Å²) in [4.78, 5) is 15.5. The Labute approximate surface area is 107 Å². The normalized spacial score (nSPS) is 10.1. The molecule has 1 N–H and O–H groups in total. The number of halogens is 1. The molecule has 0 bridgehead atoms. The zero-order valence-corrected chi connectivity index (χ0v) is 10.5. The van der Waals surface area contributed by atoms with E-state index in [1.165, 1.54) is 22.9 Å². The van der Waals surface area contributed by atoms with Gasteiger partial charge in [0.25, 0.3) is 0 Å². The lowest BCUT2D eigenvalue weighted by Crippen LogP contribution is -2.07. The maximum absolute atomic E-state index is 13.5. The van der Waals surface area contributed by atoms with Crippen molar-refractivity contribution in [2.45, 2.75) is 6.92 Å². The molecule has 0 spiro atoms. The number of para-hydroxylation sites is 1. The summed E-state index contributed by atoms with van der Waals surface area (Å²) in [5, 5.41) is 3.31. The second-order valence-corrected chi connectivity index (χ2v) is 4.21. The Balaban J connectivity index is 2.23. The van der Waals surface area contributed by atoms with Crippen LogP contribution in [0.25, 0.3) is 0 Å². The van der Waals surface area contributed by atoms with Crippen LogP contribution in [0, 0.1) is 5.82 Å². The molecular formula is C12H11FN2O2S. The molecule has 0 amide bonds. The van der Waals surface area contributed by atoms with Crippen LogP contribution in [0.5, 0.6) is 0 Å². The van der Waals surface area contributed by atoms with Crippen molar-refractivity contribution in [1.82, 2.24) is 4.98 Å². The highest BCUT2D eigenvalue weighted by Crippen LogP contribution is 2.26. The second kappa shape index (κ2) is 5.59. The van der Waals surface area contributed by atoms with Gasteiger partial charge in [0, 0.05) is 0 Å². The lowest BCUT2D eigenvalue weighted by molar-refractivity contribution is 0.0521. The molecule has 94 valence electrons. The molecule has 18 heavy (non-hydrogen) atoms. The molecule has 0 saturated heterocycles. The van der Waals surface area contributed by atoms with Crippen molar-refractivity contribution < 1.29 is 13.9 Å². The summed E-state index contributed by atoms with van der Waals surface area (Å²) in [5.74, 6) is -0.904. The van der Waals surface area contributed by atoms with E-state index in [-0.39, 0.29) is 18.1 Å². The zero-order chi connectivity index (χ0) is 13.0. The third kappa shape index (κ3) is 2.65. The monoisotopic (exact) mass is 266 g/mol. The van der Waals surface area contributed by atoms with Crippen LogP contribution in [-0.2, 0) is 4.74 Å². The molecular weight excluding hydrogens is 255 g/mol. The summed E-state index contributed by atoms with van der Waals surface area (Å²) in [6.45, 7) is 1.99. The number of ether oxygens (including phenoxy) is 1. The number of anilines is 2. The van der Waals surface area contributed by atoms with E-state index in [1.807, 2.05) is 0 Å². The van der Waals surface area contributed by atoms with Crippen LogP contribution in [0.1, 0.15) is 17.4 Å². The fourth-order valence-corrected chi connectivity index (χ4v) is 2.04. The maximum atomic E-state index is 13.5. The number of carbonyl (C=O) groups is 1. The van der Waals surface area contributed by atoms with Gasteiger partial charge in [-0.2, -0.15) is 0 Å². The van der Waals surface area contributed by atoms with Gasteiger partial charge in [-0.1, -0.05) is 12.1 Å². The van der Waals surface area contributed by atoms with Gasteiger partial charge in [-0.25, -0.2) is 14.2 Å². The van der Waals surface area contributed by atoms with Crippen molar-refractivity contribution in [2.75, 3.05) is 11.9 Å². The predicted molar refractivity (Wildman–Crippen MR) is 67.8 cm³/mol. The molecule has 1 aromatic carbocycles. The average molecular weight is 266 g/mol. The highest BCUT2D eigenvalue weighted by Gasteiger charge is 2.16. The van der Waals surface area contributed by atoms with Crippen LogP contribution in [-0.4, -0.2) is 17.6 Å². The Morgan fingerprint density at radius 1 is 1.50 bits per heavy atom. The fraction of sp³-hybridized carbons (Fsp3) is 0.167. The van der Waals surface area contributed by atoms with Crippen LogP contribution < -0.4 is 5.32 Å². The topological polar surface area (TPSA) is 51.2 Å². The van der Waals surface area contributed by atoms with E-state index in [1.54, 1.807) is 25.1 Å². The van der Waals surface area contributed by atoms with E-state index in [0.29, 0.717) is 10.7 Å². The van der Waals surface area contributed by atoms with Crippen molar-refractivity contribution >= 4 is 28.0 Å². The fourth-order valence-electron chi connectivity index (χ4n) is 1.36. The Hall–Kier alpha value is -1.95. The molecule has 0 unspecified atom stereocenters. The minimum absolute atomic E-state index is 0.171. The van der Waals surface area contributed by atoms with E-state index in [4.69, 9.17) is 4.74 Å². The molecule has 1 heterocycles. The summed E-state index contributed by atoms with van der Waals surface area (Å²) in [6.07, 6.45) is 0. The molecule has 6 heteroatoms. The summed E-state index contributed by atoms with van der Waals surface area (Å²) in [7, 11) is 0. The lowest BCUT2D eigenvalue weighted by Gasteiger charge is -2.06. The first-order valence-corrected chi connectivity index (χ1v) is 6.22. The van der Waals surface area contributed by atoms with Gasteiger partial charge in [-0.3, -0.25) is 0 Å². The zero-order valence-electron chi connectivity index (χ0n) is 9.64. The van der Waals surface area contributed by atoms with Gasteiger partial charge in [-0.15, -0.1) is 11.3 Å². The Kier molecular flexibility index (Phi) is 3.88. The van der Waals surface area contributed by atoms with Crippen molar-refractivity contribution in [2.24, 2.45) is 0 Å². The number of aromatic nitrogens is 1. The molecule has 0 aliphatic rings. The first-order valence-electron chi connectivity index (χ1n) is 5.34. The highest BCUT2D eigenvalue weighted by molar-refractivity contribution is 7.14. The van der Waals surface area contributed by atoms with Crippen molar-refractivity contribution in [3.8, 4) is 0 Å². The van der Waals surface area contributed by atoms with E-state index in [2.05, 4.69) is 10.3 Å². The number of rotatable bonds is 4. The Bertz CT molecular complexity index is 557. The van der Waals surface area contributed by atoms with E-state index in [0.717, 1.165) is 0 Å². The average Bonchev–Trinajstić information content (AvgIpc) is 2.81. The number of thiazole rings is 1. The third-order valence-electron chi connectivity index (χ3n) is 2.16. The van der Waals surface area contributed by atoms with Crippen molar-refractivity contribution in [3.63, 3.8) is 0 Å². The molecule has 0 radical (unpaired) electrons. The number of hydrogen-bond acceptors (Lipinski definition) is 5. The Morgan fingerprint density at radius 3 is 3.00 bits per heavy atom. The summed E-state index contributed by atoms with van der Waals surface area (Å²) in [6, 6.07) is 6.23. The second-order valence-electron chi connectivity index (χ2n) is 3.36. The number of benzene rings is 1. The third-order valence-corrected chi connectivity index (χ3v) is 2.90. The molecule has 0 atom stereocenters. The number of hydrogen-bond donors (Lipinski definition) is 1. The first kappa shape index (κ1) is 12.5. The van der Waals surface area contributed by atoms with Crippen molar-refractivity contribution in [1.29, 1.82) is 0 Å². The van der Waals surface area contributed by atoms with Crippen LogP contribution in [0.15, 0.2) is 29.8 Å². The standard InChI is InChI=1S/C12H11FN2O2S/c1-2-17-12(16)10-11(18-7-14-10)15-9-6-4-3-5-8(9)13/h3-7,15H,2H2,1H3. The molecule has 0 aliphatic carbocycles. The SMILES string of the molecule is CCOC(=O)c1ncsc1Nc1ccccc1F. The molecule has 2 rings (SSSR count). The molecule has 0 saturated carbocycles. The lowest BCUT2D eigenvalue weighted by atomic mass is 10.3. The van der Waals surface area contributed by atoms with Gasteiger partial charge in [0.05, 0.1) is 17.8 Å². The number of nitrogens with zero attached hydrogens (tertiary/aromatic N) is 1. The Morgan fingerprint density at radius 2 is 2.28 bits per heavy atom. The van der Waals surface area contributed by atoms with Crippen LogP contribution >= 0.6 is 11.3 Å². The molecule has 2 aromatic rings. The van der Waals surface area contributed by atoms with E-state index < -0.39 is 5.97 Å². The molecule has 0 fully saturated rings. The van der Waals surface area contributed by atoms with E-state index >= 15 is 0 Å².